The van der Waals surface area contributed by atoms with Gasteiger partial charge in [0, 0.05) is 30.4 Å². The molecule has 2 rings (SSSR count). The van der Waals surface area contributed by atoms with Crippen molar-refractivity contribution in [2.24, 2.45) is 0 Å². The Balaban J connectivity index is 1.82. The van der Waals surface area contributed by atoms with Gasteiger partial charge < -0.3 is 5.73 Å². The highest BCUT2D eigenvalue weighted by molar-refractivity contribution is 7.99. The number of nitrogens with two attached hydrogens (primary N) is 1. The summed E-state index contributed by atoms with van der Waals surface area (Å²) in [5, 5.41) is 0. The van der Waals surface area contributed by atoms with Crippen molar-refractivity contribution in [2.75, 3.05) is 30.5 Å². The summed E-state index contributed by atoms with van der Waals surface area (Å²) in [5.41, 5.74) is 7.87. The molecule has 1 aromatic carbocycles. The standard InChI is InChI=1S/C11H16N2S/c12-11-3-1-10(2-4-11)5-6-13-7-8-14-9-13/h1-4H,5-9,12H2. The molecule has 0 aliphatic carbocycles. The molecule has 1 aliphatic heterocycles. The van der Waals surface area contributed by atoms with E-state index in [0.29, 0.717) is 0 Å². The van der Waals surface area contributed by atoms with Crippen LogP contribution in [-0.2, 0) is 6.42 Å². The van der Waals surface area contributed by atoms with Crippen LogP contribution in [0.1, 0.15) is 5.56 Å². The Bertz CT molecular complexity index is 278. The molecule has 0 saturated carbocycles. The van der Waals surface area contributed by atoms with Gasteiger partial charge in [-0.3, -0.25) is 4.90 Å². The maximum absolute atomic E-state index is 5.63. The number of rotatable bonds is 3. The Labute approximate surface area is 89.5 Å². The summed E-state index contributed by atoms with van der Waals surface area (Å²) in [6.07, 6.45) is 1.14. The molecule has 0 radical (unpaired) electrons. The molecule has 1 saturated heterocycles. The van der Waals surface area contributed by atoms with Crippen molar-refractivity contribution in [2.45, 2.75) is 6.42 Å². The average Bonchev–Trinajstić information content (AvgIpc) is 2.70. The molecule has 0 bridgehead atoms. The topological polar surface area (TPSA) is 29.3 Å². The lowest BCUT2D eigenvalue weighted by Crippen LogP contribution is -2.22. The summed E-state index contributed by atoms with van der Waals surface area (Å²) >= 11 is 2.03. The maximum atomic E-state index is 5.63. The minimum Gasteiger partial charge on any atom is -0.399 e. The quantitative estimate of drug-likeness (QED) is 0.768. The summed E-state index contributed by atoms with van der Waals surface area (Å²) in [4.78, 5) is 2.50. The van der Waals surface area contributed by atoms with E-state index in [-0.39, 0.29) is 0 Å². The lowest BCUT2D eigenvalue weighted by atomic mass is 10.1. The van der Waals surface area contributed by atoms with Crippen LogP contribution in [0.5, 0.6) is 0 Å². The second kappa shape index (κ2) is 4.71. The predicted molar refractivity (Wildman–Crippen MR) is 63.5 cm³/mol. The normalized spacial score (nSPS) is 17.4. The first kappa shape index (κ1) is 9.87. The smallest absolute Gasteiger partial charge is 0.0445 e. The van der Waals surface area contributed by atoms with E-state index in [4.69, 9.17) is 5.73 Å². The average molecular weight is 208 g/mol. The number of nitrogen functional groups attached to an aromatic ring is 1. The van der Waals surface area contributed by atoms with Crippen LogP contribution >= 0.6 is 11.8 Å². The molecule has 2 nitrogen and oxygen atoms in total. The Kier molecular flexibility index (Phi) is 3.32. The molecule has 2 N–H and O–H groups in total. The molecule has 76 valence electrons. The molecule has 3 heteroatoms. The van der Waals surface area contributed by atoms with Crippen LogP contribution in [0.2, 0.25) is 0 Å². The van der Waals surface area contributed by atoms with Gasteiger partial charge in [-0.25, -0.2) is 0 Å². The van der Waals surface area contributed by atoms with E-state index in [1.807, 2.05) is 23.9 Å². The molecule has 1 aliphatic rings. The lowest BCUT2D eigenvalue weighted by molar-refractivity contribution is 0.361. The zero-order chi connectivity index (χ0) is 9.80. The first-order chi connectivity index (χ1) is 6.84. The Morgan fingerprint density at radius 1 is 1.29 bits per heavy atom. The van der Waals surface area contributed by atoms with Crippen LogP contribution in [0.4, 0.5) is 5.69 Å². The maximum Gasteiger partial charge on any atom is 0.0445 e. The number of hydrogen-bond acceptors (Lipinski definition) is 3. The molecule has 0 atom stereocenters. The molecule has 0 aromatic heterocycles. The highest BCUT2D eigenvalue weighted by Crippen LogP contribution is 2.14. The molecule has 1 fully saturated rings. The summed E-state index contributed by atoms with van der Waals surface area (Å²) in [5.74, 6) is 2.50. The number of nitrogens with zero attached hydrogens (tertiary/aromatic N) is 1. The fourth-order valence-electron chi connectivity index (χ4n) is 1.60. The molecule has 0 amide bonds. The van der Waals surface area contributed by atoms with Crippen molar-refractivity contribution in [3.8, 4) is 0 Å². The van der Waals surface area contributed by atoms with Gasteiger partial charge in [-0.15, -0.1) is 11.8 Å². The van der Waals surface area contributed by atoms with Gasteiger partial charge in [0.15, 0.2) is 0 Å². The van der Waals surface area contributed by atoms with Crippen LogP contribution in [0.3, 0.4) is 0 Å². The first-order valence-corrected chi connectivity index (χ1v) is 6.14. The molecular weight excluding hydrogens is 192 g/mol. The van der Waals surface area contributed by atoms with Crippen molar-refractivity contribution in [1.29, 1.82) is 0 Å². The van der Waals surface area contributed by atoms with Gasteiger partial charge in [-0.1, -0.05) is 12.1 Å². The summed E-state index contributed by atoms with van der Waals surface area (Å²) in [7, 11) is 0. The second-order valence-corrected chi connectivity index (χ2v) is 4.72. The van der Waals surface area contributed by atoms with Gasteiger partial charge in [-0.2, -0.15) is 0 Å². The highest BCUT2D eigenvalue weighted by Gasteiger charge is 2.10. The largest absolute Gasteiger partial charge is 0.399 e. The highest BCUT2D eigenvalue weighted by atomic mass is 32.2. The molecular formula is C11H16N2S. The number of benzene rings is 1. The van der Waals surface area contributed by atoms with E-state index < -0.39 is 0 Å². The van der Waals surface area contributed by atoms with E-state index >= 15 is 0 Å². The second-order valence-electron chi connectivity index (χ2n) is 3.65. The zero-order valence-electron chi connectivity index (χ0n) is 8.28. The van der Waals surface area contributed by atoms with Gasteiger partial charge in [0.2, 0.25) is 0 Å². The Morgan fingerprint density at radius 3 is 2.71 bits per heavy atom. The van der Waals surface area contributed by atoms with Crippen LogP contribution < -0.4 is 5.73 Å². The van der Waals surface area contributed by atoms with E-state index in [1.54, 1.807) is 0 Å². The number of anilines is 1. The minimum atomic E-state index is 0.852. The van der Waals surface area contributed by atoms with Crippen LogP contribution in [0.25, 0.3) is 0 Å². The van der Waals surface area contributed by atoms with Crippen molar-refractivity contribution < 1.29 is 0 Å². The molecule has 1 heterocycles. The summed E-state index contributed by atoms with van der Waals surface area (Å²) in [6.45, 7) is 2.43. The van der Waals surface area contributed by atoms with Crippen LogP contribution in [0, 0.1) is 0 Å². The fourth-order valence-corrected chi connectivity index (χ4v) is 2.63. The van der Waals surface area contributed by atoms with Crippen molar-refractivity contribution in [1.82, 2.24) is 4.90 Å². The minimum absolute atomic E-state index is 0.852. The predicted octanol–water partition coefficient (Wildman–Crippen LogP) is 1.82. The van der Waals surface area contributed by atoms with Crippen LogP contribution in [-0.4, -0.2) is 29.6 Å². The third-order valence-electron chi connectivity index (χ3n) is 2.52. The third kappa shape index (κ3) is 2.66. The van der Waals surface area contributed by atoms with Crippen molar-refractivity contribution in [3.63, 3.8) is 0 Å². The van der Waals surface area contributed by atoms with E-state index in [9.17, 15) is 0 Å². The van der Waals surface area contributed by atoms with Crippen molar-refractivity contribution >= 4 is 17.4 Å². The van der Waals surface area contributed by atoms with Gasteiger partial charge in [-0.05, 0) is 24.1 Å². The van der Waals surface area contributed by atoms with Gasteiger partial charge in [0.05, 0.1) is 0 Å². The molecule has 0 unspecified atom stereocenters. The van der Waals surface area contributed by atoms with Gasteiger partial charge >= 0.3 is 0 Å². The fraction of sp³-hybridized carbons (Fsp3) is 0.455. The zero-order valence-corrected chi connectivity index (χ0v) is 9.09. The third-order valence-corrected chi connectivity index (χ3v) is 3.54. The van der Waals surface area contributed by atoms with Crippen LogP contribution in [0.15, 0.2) is 24.3 Å². The molecule has 1 aromatic rings. The van der Waals surface area contributed by atoms with Crippen molar-refractivity contribution in [3.05, 3.63) is 29.8 Å². The number of thioether (sulfide) groups is 1. The van der Waals surface area contributed by atoms with E-state index in [0.717, 1.165) is 12.1 Å². The van der Waals surface area contributed by atoms with Gasteiger partial charge in [0.25, 0.3) is 0 Å². The monoisotopic (exact) mass is 208 g/mol. The van der Waals surface area contributed by atoms with E-state index in [1.165, 1.54) is 30.3 Å². The van der Waals surface area contributed by atoms with E-state index in [2.05, 4.69) is 17.0 Å². The number of hydrogen-bond donors (Lipinski definition) is 1. The summed E-state index contributed by atoms with van der Waals surface area (Å²) < 4.78 is 0. The Hall–Kier alpha value is -0.670. The molecule has 0 spiro atoms. The van der Waals surface area contributed by atoms with Gasteiger partial charge in [0.1, 0.15) is 0 Å². The SMILES string of the molecule is Nc1ccc(CCN2CCSC2)cc1. The summed E-state index contributed by atoms with van der Waals surface area (Å²) in [6, 6.07) is 8.21. The lowest BCUT2D eigenvalue weighted by Gasteiger charge is -2.13. The Morgan fingerprint density at radius 2 is 2.07 bits per heavy atom. The first-order valence-electron chi connectivity index (χ1n) is 4.99. The molecule has 14 heavy (non-hydrogen) atoms.